The molecule has 8 nitrogen and oxygen atoms in total. The van der Waals surface area contributed by atoms with Crippen LogP contribution >= 0.6 is 0 Å². The fraction of sp³-hybridized carbons (Fsp3) is 0.294. The summed E-state index contributed by atoms with van der Waals surface area (Å²) >= 11 is 0. The van der Waals surface area contributed by atoms with Gasteiger partial charge in [-0.25, -0.2) is 13.1 Å². The largest absolute Gasteiger partial charge is 0.442 e. The maximum absolute atomic E-state index is 12.7. The Bertz CT molecular complexity index is 954. The third-order valence-electron chi connectivity index (χ3n) is 4.36. The topological polar surface area (TPSA) is 110 Å². The van der Waals surface area contributed by atoms with Crippen LogP contribution in [0.4, 0.5) is 0 Å². The molecule has 0 bridgehead atoms. The van der Waals surface area contributed by atoms with Gasteiger partial charge in [-0.2, -0.15) is 5.10 Å². The minimum atomic E-state index is -3.78. The highest BCUT2D eigenvalue weighted by atomic mass is 32.2. The van der Waals surface area contributed by atoms with Gasteiger partial charge >= 0.3 is 0 Å². The van der Waals surface area contributed by atoms with Gasteiger partial charge in [0.2, 0.25) is 5.09 Å². The van der Waals surface area contributed by atoms with Gasteiger partial charge in [-0.1, -0.05) is 0 Å². The van der Waals surface area contributed by atoms with E-state index in [0.717, 1.165) is 5.56 Å². The van der Waals surface area contributed by atoms with Crippen molar-refractivity contribution in [3.63, 3.8) is 0 Å². The van der Waals surface area contributed by atoms with E-state index in [4.69, 9.17) is 9.15 Å². The molecule has 1 aliphatic heterocycles. The Balaban J connectivity index is 1.48. The van der Waals surface area contributed by atoms with Crippen molar-refractivity contribution in [1.29, 1.82) is 0 Å². The fourth-order valence-electron chi connectivity index (χ4n) is 3.01. The van der Waals surface area contributed by atoms with Crippen molar-refractivity contribution in [2.75, 3.05) is 13.2 Å². The molecule has 9 heteroatoms. The Kier molecular flexibility index (Phi) is 4.58. The number of nitrogens with zero attached hydrogens (tertiary/aromatic N) is 2. The Morgan fingerprint density at radius 1 is 1.12 bits per heavy atom. The number of sulfonamides is 1. The van der Waals surface area contributed by atoms with Crippen LogP contribution in [-0.2, 0) is 21.2 Å². The molecule has 2 atom stereocenters. The molecule has 0 unspecified atom stereocenters. The lowest BCUT2D eigenvalue weighted by atomic mass is 9.96. The summed E-state index contributed by atoms with van der Waals surface area (Å²) in [7, 11) is -3.78. The van der Waals surface area contributed by atoms with Crippen molar-refractivity contribution in [3.8, 4) is 11.5 Å². The lowest BCUT2D eigenvalue weighted by Crippen LogP contribution is -2.40. The van der Waals surface area contributed by atoms with Crippen molar-refractivity contribution in [2.24, 2.45) is 5.92 Å². The van der Waals surface area contributed by atoms with Crippen molar-refractivity contribution < 1.29 is 17.6 Å². The molecule has 3 aromatic rings. The number of H-pyrrole nitrogens is 1. The molecule has 26 heavy (non-hydrogen) atoms. The SMILES string of the molecule is O=S(=O)(N[C@@H]1COC[C@H]1Cc1ccncc1)c1ccc(-c2ccn[nH]2)o1. The zero-order valence-electron chi connectivity index (χ0n) is 13.8. The average Bonchev–Trinajstić information content (AvgIpc) is 3.37. The molecular weight excluding hydrogens is 356 g/mol. The predicted octanol–water partition coefficient (Wildman–Crippen LogP) is 1.60. The molecule has 0 saturated carbocycles. The number of furan rings is 1. The van der Waals surface area contributed by atoms with E-state index < -0.39 is 10.0 Å². The van der Waals surface area contributed by atoms with E-state index >= 15 is 0 Å². The van der Waals surface area contributed by atoms with Crippen LogP contribution in [0.25, 0.3) is 11.5 Å². The van der Waals surface area contributed by atoms with Gasteiger partial charge in [0.1, 0.15) is 5.69 Å². The fourth-order valence-corrected chi connectivity index (χ4v) is 4.23. The van der Waals surface area contributed by atoms with Crippen molar-refractivity contribution in [2.45, 2.75) is 17.6 Å². The smallest absolute Gasteiger partial charge is 0.274 e. The quantitative estimate of drug-likeness (QED) is 0.678. The van der Waals surface area contributed by atoms with Crippen LogP contribution < -0.4 is 4.72 Å². The number of ether oxygens (including phenoxy) is 1. The van der Waals surface area contributed by atoms with E-state index in [2.05, 4.69) is 19.9 Å². The van der Waals surface area contributed by atoms with Crippen LogP contribution in [0.5, 0.6) is 0 Å². The summed E-state index contributed by atoms with van der Waals surface area (Å²) in [4.78, 5) is 4.00. The highest BCUT2D eigenvalue weighted by molar-refractivity contribution is 7.89. The summed E-state index contributed by atoms with van der Waals surface area (Å²) in [6.07, 6.45) is 5.74. The normalized spacial score (nSPS) is 20.5. The van der Waals surface area contributed by atoms with Crippen molar-refractivity contribution in [3.05, 3.63) is 54.5 Å². The molecule has 1 fully saturated rings. The summed E-state index contributed by atoms with van der Waals surface area (Å²) in [5.41, 5.74) is 1.71. The number of pyridine rings is 1. The highest BCUT2D eigenvalue weighted by Gasteiger charge is 2.33. The van der Waals surface area contributed by atoms with Gasteiger partial charge in [-0.3, -0.25) is 10.1 Å². The third-order valence-corrected chi connectivity index (χ3v) is 5.73. The summed E-state index contributed by atoms with van der Waals surface area (Å²) in [6.45, 7) is 0.843. The zero-order chi connectivity index (χ0) is 18.0. The minimum absolute atomic E-state index is 0.0502. The van der Waals surface area contributed by atoms with E-state index in [-0.39, 0.29) is 17.1 Å². The first kappa shape index (κ1) is 17.0. The van der Waals surface area contributed by atoms with Crippen molar-refractivity contribution >= 4 is 10.0 Å². The summed E-state index contributed by atoms with van der Waals surface area (Å²) in [6, 6.07) is 8.28. The molecule has 1 saturated heterocycles. The number of hydrogen-bond donors (Lipinski definition) is 2. The Morgan fingerprint density at radius 2 is 1.96 bits per heavy atom. The highest BCUT2D eigenvalue weighted by Crippen LogP contribution is 2.25. The molecule has 136 valence electrons. The first-order valence-electron chi connectivity index (χ1n) is 8.20. The molecule has 2 N–H and O–H groups in total. The van der Waals surface area contributed by atoms with E-state index in [0.29, 0.717) is 31.1 Å². The maximum Gasteiger partial charge on any atom is 0.274 e. The molecule has 0 aliphatic carbocycles. The molecule has 0 amide bonds. The van der Waals surface area contributed by atoms with Gasteiger partial charge in [-0.15, -0.1) is 0 Å². The maximum atomic E-state index is 12.7. The predicted molar refractivity (Wildman–Crippen MR) is 92.6 cm³/mol. The van der Waals surface area contributed by atoms with Gasteiger partial charge < -0.3 is 9.15 Å². The number of rotatable bonds is 6. The molecule has 0 radical (unpaired) electrons. The summed E-state index contributed by atoms with van der Waals surface area (Å²) in [5, 5.41) is 6.45. The van der Waals surface area contributed by atoms with Gasteiger partial charge in [0.05, 0.1) is 19.3 Å². The second-order valence-corrected chi connectivity index (χ2v) is 7.82. The summed E-state index contributed by atoms with van der Waals surface area (Å²) in [5.74, 6) is 0.466. The van der Waals surface area contributed by atoms with Gasteiger partial charge in [0.15, 0.2) is 5.76 Å². The minimum Gasteiger partial charge on any atom is -0.442 e. The van der Waals surface area contributed by atoms with E-state index in [9.17, 15) is 8.42 Å². The van der Waals surface area contributed by atoms with E-state index in [1.807, 2.05) is 12.1 Å². The van der Waals surface area contributed by atoms with Crippen LogP contribution in [0.15, 0.2) is 58.4 Å². The molecule has 0 aromatic carbocycles. The lowest BCUT2D eigenvalue weighted by Gasteiger charge is -2.18. The molecule has 1 aliphatic rings. The second kappa shape index (κ2) is 7.02. The first-order valence-corrected chi connectivity index (χ1v) is 9.69. The summed E-state index contributed by atoms with van der Waals surface area (Å²) < 4.78 is 39.0. The number of aromatic amines is 1. The molecule has 3 aromatic heterocycles. The molecule has 4 rings (SSSR count). The van der Waals surface area contributed by atoms with Crippen LogP contribution in [0, 0.1) is 5.92 Å². The Morgan fingerprint density at radius 3 is 2.73 bits per heavy atom. The van der Waals surface area contributed by atoms with E-state index in [1.54, 1.807) is 30.7 Å². The van der Waals surface area contributed by atoms with Gasteiger partial charge in [0.25, 0.3) is 10.0 Å². The van der Waals surface area contributed by atoms with Gasteiger partial charge in [0, 0.05) is 24.5 Å². The number of aromatic nitrogens is 3. The van der Waals surface area contributed by atoms with Crippen LogP contribution in [0.3, 0.4) is 0 Å². The number of nitrogens with one attached hydrogen (secondary N) is 2. The van der Waals surface area contributed by atoms with Crippen LogP contribution in [0.2, 0.25) is 0 Å². The van der Waals surface area contributed by atoms with Crippen molar-refractivity contribution in [1.82, 2.24) is 19.9 Å². The monoisotopic (exact) mass is 374 g/mol. The third kappa shape index (κ3) is 3.55. The van der Waals surface area contributed by atoms with Crippen LogP contribution in [0.1, 0.15) is 5.56 Å². The molecular formula is C17H18N4O4S. The Labute approximate surface area is 150 Å². The zero-order valence-corrected chi connectivity index (χ0v) is 14.6. The lowest BCUT2D eigenvalue weighted by molar-refractivity contribution is 0.183. The second-order valence-electron chi connectivity index (χ2n) is 6.17. The standard InChI is InChI=1S/C17H18N4O4S/c22-26(23,17-2-1-16(25-17)14-5-8-19-20-14)21-15-11-24-10-13(15)9-12-3-6-18-7-4-12/h1-8,13,15,21H,9-11H2,(H,19,20)/t13-,15-/m1/s1. The van der Waals surface area contributed by atoms with Crippen LogP contribution in [-0.4, -0.2) is 42.9 Å². The molecule has 0 spiro atoms. The van der Waals surface area contributed by atoms with Gasteiger partial charge in [-0.05, 0) is 42.3 Å². The Hall–Kier alpha value is -2.49. The molecule has 4 heterocycles. The first-order chi connectivity index (χ1) is 12.6. The average molecular weight is 374 g/mol. The van der Waals surface area contributed by atoms with E-state index in [1.165, 1.54) is 6.07 Å². The number of hydrogen-bond acceptors (Lipinski definition) is 6.